The minimum Gasteiger partial charge on any atom is -0.366 e. The largest absolute Gasteiger partial charge is 0.366 e. The van der Waals surface area contributed by atoms with Gasteiger partial charge in [-0.1, -0.05) is 31.4 Å². The molecule has 1 aromatic heterocycles. The number of rotatable bonds is 2. The molecule has 1 aromatic carbocycles. The third kappa shape index (κ3) is 2.55. The third-order valence-electron chi connectivity index (χ3n) is 4.22. The number of hydrogen-bond acceptors (Lipinski definition) is 3. The number of aryl methyl sites for hydroxylation is 1. The van der Waals surface area contributed by atoms with Crippen LogP contribution in [0.15, 0.2) is 24.5 Å². The van der Waals surface area contributed by atoms with Crippen LogP contribution in [-0.2, 0) is 0 Å². The first-order valence-corrected chi connectivity index (χ1v) is 7.22. The average molecular weight is 255 g/mol. The predicted octanol–water partition coefficient (Wildman–Crippen LogP) is 3.93. The Morgan fingerprint density at radius 1 is 1.16 bits per heavy atom. The molecule has 0 bridgehead atoms. The van der Waals surface area contributed by atoms with Gasteiger partial charge in [0.15, 0.2) is 0 Å². The van der Waals surface area contributed by atoms with Crippen molar-refractivity contribution in [3.63, 3.8) is 0 Å². The molecule has 3 nitrogen and oxygen atoms in total. The van der Waals surface area contributed by atoms with Crippen molar-refractivity contribution in [3.8, 4) is 0 Å². The monoisotopic (exact) mass is 255 g/mol. The summed E-state index contributed by atoms with van der Waals surface area (Å²) in [7, 11) is 0. The summed E-state index contributed by atoms with van der Waals surface area (Å²) in [6.07, 6.45) is 6.92. The summed E-state index contributed by atoms with van der Waals surface area (Å²) in [6.45, 7) is 4.45. The number of aromatic nitrogens is 2. The minimum atomic E-state index is 0.548. The van der Waals surface area contributed by atoms with Crippen LogP contribution in [-0.4, -0.2) is 16.0 Å². The second-order valence-electron chi connectivity index (χ2n) is 5.76. The van der Waals surface area contributed by atoms with Crippen LogP contribution >= 0.6 is 0 Å². The first-order chi connectivity index (χ1) is 9.24. The molecular weight excluding hydrogens is 234 g/mol. The van der Waals surface area contributed by atoms with Gasteiger partial charge in [-0.2, -0.15) is 0 Å². The highest BCUT2D eigenvalue weighted by Crippen LogP contribution is 2.28. The van der Waals surface area contributed by atoms with Gasteiger partial charge in [-0.25, -0.2) is 9.97 Å². The highest BCUT2D eigenvalue weighted by molar-refractivity contribution is 5.89. The second kappa shape index (κ2) is 5.16. The van der Waals surface area contributed by atoms with E-state index < -0.39 is 0 Å². The maximum Gasteiger partial charge on any atom is 0.137 e. The van der Waals surface area contributed by atoms with Crippen molar-refractivity contribution < 1.29 is 0 Å². The Kier molecular flexibility index (Phi) is 3.36. The Hall–Kier alpha value is -1.64. The summed E-state index contributed by atoms with van der Waals surface area (Å²) >= 11 is 0. The minimum absolute atomic E-state index is 0.548. The standard InChI is InChI=1S/C16H21N3/c1-11-7-8-15-13(9-11)16(18-10-17-15)19-14-6-4-3-5-12(14)2/h7-10,12,14H,3-6H2,1-2H3,(H,17,18,19)/t12-,14+/m0/s1. The van der Waals surface area contributed by atoms with Gasteiger partial charge in [-0.3, -0.25) is 0 Å². The molecular formula is C16H21N3. The van der Waals surface area contributed by atoms with Gasteiger partial charge in [-0.05, 0) is 37.8 Å². The first-order valence-electron chi connectivity index (χ1n) is 7.22. The molecule has 2 atom stereocenters. The molecule has 0 spiro atoms. The van der Waals surface area contributed by atoms with E-state index in [9.17, 15) is 0 Å². The summed E-state index contributed by atoms with van der Waals surface area (Å²) in [5.41, 5.74) is 2.27. The lowest BCUT2D eigenvalue weighted by atomic mass is 9.86. The number of anilines is 1. The van der Waals surface area contributed by atoms with Gasteiger partial charge >= 0.3 is 0 Å². The van der Waals surface area contributed by atoms with Gasteiger partial charge in [0.2, 0.25) is 0 Å². The molecule has 3 heteroatoms. The molecule has 1 aliphatic carbocycles. The van der Waals surface area contributed by atoms with Crippen molar-refractivity contribution in [2.75, 3.05) is 5.32 Å². The van der Waals surface area contributed by atoms with Crippen molar-refractivity contribution >= 4 is 16.7 Å². The van der Waals surface area contributed by atoms with E-state index >= 15 is 0 Å². The maximum atomic E-state index is 4.45. The molecule has 1 heterocycles. The molecule has 0 aliphatic heterocycles. The molecule has 3 rings (SSSR count). The molecule has 100 valence electrons. The van der Waals surface area contributed by atoms with Crippen molar-refractivity contribution in [2.45, 2.75) is 45.6 Å². The molecule has 0 radical (unpaired) electrons. The lowest BCUT2D eigenvalue weighted by Crippen LogP contribution is -2.30. The second-order valence-corrected chi connectivity index (χ2v) is 5.76. The number of hydrogen-bond donors (Lipinski definition) is 1. The van der Waals surface area contributed by atoms with Crippen LogP contribution in [0.2, 0.25) is 0 Å². The van der Waals surface area contributed by atoms with Gasteiger partial charge in [0.1, 0.15) is 12.1 Å². The van der Waals surface area contributed by atoms with Crippen molar-refractivity contribution in [3.05, 3.63) is 30.1 Å². The Bertz CT molecular complexity index is 579. The summed E-state index contributed by atoms with van der Waals surface area (Å²) in [5, 5.41) is 4.79. The van der Waals surface area contributed by atoms with E-state index in [-0.39, 0.29) is 0 Å². The summed E-state index contributed by atoms with van der Waals surface area (Å²) in [6, 6.07) is 6.89. The highest BCUT2D eigenvalue weighted by atomic mass is 15.0. The van der Waals surface area contributed by atoms with E-state index in [1.54, 1.807) is 6.33 Å². The average Bonchev–Trinajstić information content (AvgIpc) is 2.42. The fourth-order valence-electron chi connectivity index (χ4n) is 2.99. The SMILES string of the molecule is Cc1ccc2ncnc(N[C@@H]3CCCC[C@@H]3C)c2c1. The van der Waals surface area contributed by atoms with E-state index in [0.29, 0.717) is 6.04 Å². The lowest BCUT2D eigenvalue weighted by Gasteiger charge is -2.30. The fourth-order valence-corrected chi connectivity index (χ4v) is 2.99. The number of nitrogens with zero attached hydrogens (tertiary/aromatic N) is 2. The third-order valence-corrected chi connectivity index (χ3v) is 4.22. The van der Waals surface area contributed by atoms with Crippen LogP contribution in [0.5, 0.6) is 0 Å². The van der Waals surface area contributed by atoms with Crippen molar-refractivity contribution in [2.24, 2.45) is 5.92 Å². The number of benzene rings is 1. The van der Waals surface area contributed by atoms with E-state index in [1.807, 2.05) is 0 Å². The molecule has 0 unspecified atom stereocenters. The van der Waals surface area contributed by atoms with Gasteiger partial charge in [0, 0.05) is 11.4 Å². The smallest absolute Gasteiger partial charge is 0.137 e. The maximum absolute atomic E-state index is 4.45. The summed E-state index contributed by atoms with van der Waals surface area (Å²) in [4.78, 5) is 8.80. The van der Waals surface area contributed by atoms with E-state index in [2.05, 4.69) is 47.3 Å². The molecule has 1 N–H and O–H groups in total. The lowest BCUT2D eigenvalue weighted by molar-refractivity contribution is 0.349. The fraction of sp³-hybridized carbons (Fsp3) is 0.500. The predicted molar refractivity (Wildman–Crippen MR) is 79.3 cm³/mol. The van der Waals surface area contributed by atoms with Crippen LogP contribution in [0.25, 0.3) is 10.9 Å². The van der Waals surface area contributed by atoms with E-state index in [0.717, 1.165) is 22.6 Å². The van der Waals surface area contributed by atoms with E-state index in [1.165, 1.54) is 31.2 Å². The Labute approximate surface area is 114 Å². The topological polar surface area (TPSA) is 37.8 Å². The van der Waals surface area contributed by atoms with Crippen LogP contribution in [0.1, 0.15) is 38.2 Å². The molecule has 1 aliphatic rings. The Balaban J connectivity index is 1.93. The highest BCUT2D eigenvalue weighted by Gasteiger charge is 2.21. The number of nitrogens with one attached hydrogen (secondary N) is 1. The van der Waals surface area contributed by atoms with Crippen molar-refractivity contribution in [1.29, 1.82) is 0 Å². The van der Waals surface area contributed by atoms with Gasteiger partial charge in [0.25, 0.3) is 0 Å². The van der Waals surface area contributed by atoms with Crippen molar-refractivity contribution in [1.82, 2.24) is 9.97 Å². The number of fused-ring (bicyclic) bond motifs is 1. The normalized spacial score (nSPS) is 23.5. The zero-order valence-corrected chi connectivity index (χ0v) is 11.7. The van der Waals surface area contributed by atoms with Crippen LogP contribution in [0, 0.1) is 12.8 Å². The van der Waals surface area contributed by atoms with E-state index in [4.69, 9.17) is 0 Å². The van der Waals surface area contributed by atoms with Gasteiger partial charge in [-0.15, -0.1) is 0 Å². The first kappa shape index (κ1) is 12.4. The van der Waals surface area contributed by atoms with Crippen LogP contribution in [0.4, 0.5) is 5.82 Å². The summed E-state index contributed by atoms with van der Waals surface area (Å²) < 4.78 is 0. The van der Waals surface area contributed by atoms with Gasteiger partial charge < -0.3 is 5.32 Å². The molecule has 19 heavy (non-hydrogen) atoms. The van der Waals surface area contributed by atoms with Crippen LogP contribution in [0.3, 0.4) is 0 Å². The summed E-state index contributed by atoms with van der Waals surface area (Å²) in [5.74, 6) is 1.72. The Morgan fingerprint density at radius 3 is 2.84 bits per heavy atom. The Morgan fingerprint density at radius 2 is 2.00 bits per heavy atom. The molecule has 1 saturated carbocycles. The molecule has 0 amide bonds. The molecule has 2 aromatic rings. The van der Waals surface area contributed by atoms with Gasteiger partial charge in [0.05, 0.1) is 5.52 Å². The zero-order valence-electron chi connectivity index (χ0n) is 11.7. The molecule has 1 fully saturated rings. The quantitative estimate of drug-likeness (QED) is 0.883. The van der Waals surface area contributed by atoms with Crippen LogP contribution < -0.4 is 5.32 Å². The zero-order chi connectivity index (χ0) is 13.2. The molecule has 0 saturated heterocycles.